The van der Waals surface area contributed by atoms with Crippen molar-refractivity contribution < 1.29 is 9.90 Å². The van der Waals surface area contributed by atoms with E-state index in [1.807, 2.05) is 26.0 Å². The molecule has 0 saturated carbocycles. The maximum absolute atomic E-state index is 12.2. The van der Waals surface area contributed by atoms with Gasteiger partial charge in [0.2, 0.25) is 0 Å². The Morgan fingerprint density at radius 1 is 1.41 bits per heavy atom. The van der Waals surface area contributed by atoms with Crippen LogP contribution in [0.2, 0.25) is 0 Å². The fourth-order valence-corrected chi connectivity index (χ4v) is 1.34. The number of benzene rings is 1. The van der Waals surface area contributed by atoms with Crippen LogP contribution in [0.25, 0.3) is 0 Å². The maximum atomic E-state index is 12.2. The smallest absolute Gasteiger partial charge is 0.255 e. The van der Waals surface area contributed by atoms with E-state index in [-0.39, 0.29) is 18.6 Å². The van der Waals surface area contributed by atoms with E-state index >= 15 is 0 Å². The minimum Gasteiger partial charge on any atom is -0.384 e. The lowest BCUT2D eigenvalue weighted by molar-refractivity contribution is 0.0754. The lowest BCUT2D eigenvalue weighted by atomic mass is 10.1. The third-order valence-corrected chi connectivity index (χ3v) is 2.55. The van der Waals surface area contributed by atoms with E-state index < -0.39 is 0 Å². The standard InChI is InChI=1S/C14H17NO2/c1-11(2)15(3)14(17)13-9-5-4-7-12(13)8-6-10-16/h4-5,7,9,11,16H,10H2,1-3H3. The monoisotopic (exact) mass is 231 g/mol. The maximum Gasteiger partial charge on any atom is 0.255 e. The molecule has 0 aliphatic rings. The molecule has 0 fully saturated rings. The Balaban J connectivity index is 3.09. The molecule has 0 aromatic heterocycles. The third-order valence-electron chi connectivity index (χ3n) is 2.55. The summed E-state index contributed by atoms with van der Waals surface area (Å²) >= 11 is 0. The first kappa shape index (κ1) is 13.3. The lowest BCUT2D eigenvalue weighted by Crippen LogP contribution is -2.33. The molecule has 0 bridgehead atoms. The number of carbonyl (C=O) groups is 1. The van der Waals surface area contributed by atoms with Crippen LogP contribution in [0.3, 0.4) is 0 Å². The van der Waals surface area contributed by atoms with E-state index in [2.05, 4.69) is 11.8 Å². The largest absolute Gasteiger partial charge is 0.384 e. The third kappa shape index (κ3) is 3.33. The van der Waals surface area contributed by atoms with E-state index in [4.69, 9.17) is 5.11 Å². The lowest BCUT2D eigenvalue weighted by Gasteiger charge is -2.22. The zero-order valence-corrected chi connectivity index (χ0v) is 10.4. The number of aliphatic hydroxyl groups is 1. The first-order valence-corrected chi connectivity index (χ1v) is 5.53. The van der Waals surface area contributed by atoms with Crippen molar-refractivity contribution in [3.63, 3.8) is 0 Å². The normalized spacial score (nSPS) is 9.71. The molecule has 0 unspecified atom stereocenters. The quantitative estimate of drug-likeness (QED) is 0.784. The highest BCUT2D eigenvalue weighted by Crippen LogP contribution is 2.11. The van der Waals surface area contributed by atoms with E-state index in [1.54, 1.807) is 24.1 Å². The van der Waals surface area contributed by atoms with Gasteiger partial charge in [0.05, 0.1) is 5.56 Å². The molecule has 17 heavy (non-hydrogen) atoms. The molecular weight excluding hydrogens is 214 g/mol. The zero-order chi connectivity index (χ0) is 12.8. The highest BCUT2D eigenvalue weighted by atomic mass is 16.2. The Hall–Kier alpha value is -1.79. The molecule has 0 heterocycles. The summed E-state index contributed by atoms with van der Waals surface area (Å²) in [4.78, 5) is 13.8. The number of amides is 1. The fourth-order valence-electron chi connectivity index (χ4n) is 1.34. The first-order chi connectivity index (χ1) is 8.07. The molecule has 0 saturated heterocycles. The topological polar surface area (TPSA) is 40.5 Å². The van der Waals surface area contributed by atoms with Crippen LogP contribution in [0.5, 0.6) is 0 Å². The van der Waals surface area contributed by atoms with Gasteiger partial charge in [-0.2, -0.15) is 0 Å². The fraction of sp³-hybridized carbons (Fsp3) is 0.357. The molecule has 1 aromatic carbocycles. The van der Waals surface area contributed by atoms with E-state index in [0.717, 1.165) is 0 Å². The van der Waals surface area contributed by atoms with Crippen LogP contribution < -0.4 is 0 Å². The van der Waals surface area contributed by atoms with Crippen molar-refractivity contribution >= 4 is 5.91 Å². The predicted octanol–water partition coefficient (Wildman–Crippen LogP) is 1.51. The van der Waals surface area contributed by atoms with Gasteiger partial charge in [-0.1, -0.05) is 24.0 Å². The average Bonchev–Trinajstić information content (AvgIpc) is 2.34. The Kier molecular flexibility index (Phi) is 4.74. The summed E-state index contributed by atoms with van der Waals surface area (Å²) < 4.78 is 0. The van der Waals surface area contributed by atoms with Gasteiger partial charge in [-0.15, -0.1) is 0 Å². The molecule has 0 atom stereocenters. The van der Waals surface area contributed by atoms with Crippen molar-refractivity contribution in [1.29, 1.82) is 0 Å². The number of aliphatic hydroxyl groups excluding tert-OH is 1. The van der Waals surface area contributed by atoms with Gasteiger partial charge in [0.25, 0.3) is 5.91 Å². The highest BCUT2D eigenvalue weighted by Gasteiger charge is 2.16. The molecule has 1 N–H and O–H groups in total. The number of hydrogen-bond acceptors (Lipinski definition) is 2. The second-order valence-electron chi connectivity index (χ2n) is 4.02. The van der Waals surface area contributed by atoms with Gasteiger partial charge in [0.15, 0.2) is 0 Å². The van der Waals surface area contributed by atoms with Crippen molar-refractivity contribution in [1.82, 2.24) is 4.90 Å². The van der Waals surface area contributed by atoms with Gasteiger partial charge >= 0.3 is 0 Å². The van der Waals surface area contributed by atoms with Crippen molar-refractivity contribution in [2.45, 2.75) is 19.9 Å². The Bertz CT molecular complexity index is 455. The number of carbonyl (C=O) groups excluding carboxylic acids is 1. The van der Waals surface area contributed by atoms with Crippen molar-refractivity contribution in [2.24, 2.45) is 0 Å². The van der Waals surface area contributed by atoms with Crippen LogP contribution in [0, 0.1) is 11.8 Å². The summed E-state index contributed by atoms with van der Waals surface area (Å²) in [5.41, 5.74) is 1.23. The Morgan fingerprint density at radius 2 is 2.06 bits per heavy atom. The SMILES string of the molecule is CC(C)N(C)C(=O)c1ccccc1C#CCO. The summed E-state index contributed by atoms with van der Waals surface area (Å²) in [7, 11) is 1.77. The van der Waals surface area contributed by atoms with Gasteiger partial charge < -0.3 is 10.0 Å². The molecule has 1 rings (SSSR count). The molecular formula is C14H17NO2. The number of rotatable bonds is 2. The molecule has 90 valence electrons. The van der Waals surface area contributed by atoms with Gasteiger partial charge in [-0.05, 0) is 26.0 Å². The molecule has 1 aromatic rings. The summed E-state index contributed by atoms with van der Waals surface area (Å²) in [5.74, 6) is 5.30. The van der Waals surface area contributed by atoms with Gasteiger partial charge in [-0.3, -0.25) is 4.79 Å². The van der Waals surface area contributed by atoms with Crippen LogP contribution in [-0.4, -0.2) is 35.6 Å². The highest BCUT2D eigenvalue weighted by molar-refractivity contribution is 5.96. The molecule has 0 aliphatic carbocycles. The summed E-state index contributed by atoms with van der Waals surface area (Å²) in [6.45, 7) is 3.71. The van der Waals surface area contributed by atoms with E-state index in [0.29, 0.717) is 11.1 Å². The van der Waals surface area contributed by atoms with Gasteiger partial charge in [-0.25, -0.2) is 0 Å². The first-order valence-electron chi connectivity index (χ1n) is 5.53. The molecule has 0 aliphatic heterocycles. The van der Waals surface area contributed by atoms with E-state index in [1.165, 1.54) is 0 Å². The number of hydrogen-bond donors (Lipinski definition) is 1. The molecule has 3 heteroatoms. The van der Waals surface area contributed by atoms with Crippen LogP contribution in [0.15, 0.2) is 24.3 Å². The van der Waals surface area contributed by atoms with E-state index in [9.17, 15) is 4.79 Å². The molecule has 1 amide bonds. The van der Waals surface area contributed by atoms with Crippen molar-refractivity contribution in [3.05, 3.63) is 35.4 Å². The van der Waals surface area contributed by atoms with Crippen molar-refractivity contribution in [3.8, 4) is 11.8 Å². The Morgan fingerprint density at radius 3 is 2.65 bits per heavy atom. The minimum absolute atomic E-state index is 0.0529. The van der Waals surface area contributed by atoms with Crippen molar-refractivity contribution in [2.75, 3.05) is 13.7 Å². The second-order valence-corrected chi connectivity index (χ2v) is 4.02. The number of nitrogens with zero attached hydrogens (tertiary/aromatic N) is 1. The summed E-state index contributed by atoms with van der Waals surface area (Å²) in [6, 6.07) is 7.31. The summed E-state index contributed by atoms with van der Waals surface area (Å²) in [6.07, 6.45) is 0. The molecule has 0 radical (unpaired) electrons. The minimum atomic E-state index is -0.206. The van der Waals surface area contributed by atoms with Crippen LogP contribution >= 0.6 is 0 Å². The van der Waals surface area contributed by atoms with Crippen LogP contribution in [-0.2, 0) is 0 Å². The Labute approximate surface area is 102 Å². The summed E-state index contributed by atoms with van der Waals surface area (Å²) in [5, 5.41) is 8.69. The second kappa shape index (κ2) is 6.07. The molecule has 0 spiro atoms. The zero-order valence-electron chi connectivity index (χ0n) is 10.4. The van der Waals surface area contributed by atoms with Gasteiger partial charge in [0.1, 0.15) is 6.61 Å². The van der Waals surface area contributed by atoms with Crippen LogP contribution in [0.4, 0.5) is 0 Å². The molecule has 3 nitrogen and oxygen atoms in total. The van der Waals surface area contributed by atoms with Crippen LogP contribution in [0.1, 0.15) is 29.8 Å². The average molecular weight is 231 g/mol. The predicted molar refractivity (Wildman–Crippen MR) is 67.6 cm³/mol. The van der Waals surface area contributed by atoms with Gasteiger partial charge in [0, 0.05) is 18.7 Å².